The summed E-state index contributed by atoms with van der Waals surface area (Å²) in [5.74, 6) is -0.813. The topological polar surface area (TPSA) is 90.9 Å². The van der Waals surface area contributed by atoms with Gasteiger partial charge in [-0.05, 0) is 71.8 Å². The molecule has 2 saturated heterocycles. The maximum Gasteiger partial charge on any atom is 0.223 e. The van der Waals surface area contributed by atoms with E-state index in [1.165, 1.54) is 6.07 Å². The Kier molecular flexibility index (Phi) is 7.74. The lowest BCUT2D eigenvalue weighted by Crippen LogP contribution is -2.48. The minimum Gasteiger partial charge on any atom is -0.486 e. The number of nitrogens with zero attached hydrogens (tertiary/aromatic N) is 5. The van der Waals surface area contributed by atoms with E-state index in [2.05, 4.69) is 20.2 Å². The maximum atomic E-state index is 15.0. The molecule has 0 spiro atoms. The van der Waals surface area contributed by atoms with Gasteiger partial charge in [0, 0.05) is 30.7 Å². The largest absolute Gasteiger partial charge is 0.486 e. The summed E-state index contributed by atoms with van der Waals surface area (Å²) < 4.78 is 63.2. The van der Waals surface area contributed by atoms with Gasteiger partial charge in [-0.3, -0.25) is 0 Å². The molecule has 2 fully saturated rings. The highest BCUT2D eigenvalue weighted by Crippen LogP contribution is 2.39. The number of fused-ring (bicyclic) bond motifs is 1. The first kappa shape index (κ1) is 27.0. The molecule has 1 N–H and O–H groups in total. The van der Waals surface area contributed by atoms with Crippen LogP contribution in [0, 0.1) is 11.6 Å². The predicted molar refractivity (Wildman–Crippen MR) is 143 cm³/mol. The highest BCUT2D eigenvalue weighted by atomic mass is 32.2. The van der Waals surface area contributed by atoms with Crippen molar-refractivity contribution in [3.8, 4) is 17.0 Å². The van der Waals surface area contributed by atoms with Crippen LogP contribution in [0.5, 0.6) is 5.75 Å². The van der Waals surface area contributed by atoms with Gasteiger partial charge >= 0.3 is 0 Å². The van der Waals surface area contributed by atoms with Gasteiger partial charge in [0.05, 0.1) is 23.7 Å². The van der Waals surface area contributed by atoms with Crippen molar-refractivity contribution < 1.29 is 21.9 Å². The molecule has 0 bridgehead atoms. The van der Waals surface area contributed by atoms with Crippen LogP contribution in [0.2, 0.25) is 0 Å². The quantitative estimate of drug-likeness (QED) is 0.586. The van der Waals surface area contributed by atoms with Gasteiger partial charge in [-0.15, -0.1) is 0 Å². The van der Waals surface area contributed by atoms with Gasteiger partial charge < -0.3 is 19.9 Å². The normalized spacial score (nSPS) is 20.4. The van der Waals surface area contributed by atoms with Crippen molar-refractivity contribution in [1.82, 2.24) is 19.2 Å². The predicted octanol–water partition coefficient (Wildman–Crippen LogP) is 3.33. The lowest BCUT2D eigenvalue weighted by atomic mass is 10.1. The van der Waals surface area contributed by atoms with Crippen molar-refractivity contribution in [2.45, 2.75) is 56.9 Å². The van der Waals surface area contributed by atoms with Crippen molar-refractivity contribution in [3.05, 3.63) is 30.0 Å². The minimum absolute atomic E-state index is 0.000704. The van der Waals surface area contributed by atoms with E-state index in [-0.39, 0.29) is 34.7 Å². The molecule has 0 unspecified atom stereocenters. The highest BCUT2D eigenvalue weighted by Gasteiger charge is 2.36. The molecule has 3 aliphatic heterocycles. The van der Waals surface area contributed by atoms with Crippen molar-refractivity contribution in [3.63, 3.8) is 0 Å². The number of ether oxygens (including phenoxy) is 1. The van der Waals surface area contributed by atoms with Crippen LogP contribution in [0.1, 0.15) is 39.5 Å². The van der Waals surface area contributed by atoms with E-state index in [1.807, 2.05) is 25.8 Å². The zero-order chi connectivity index (χ0) is 27.0. The lowest BCUT2D eigenvalue weighted by molar-refractivity contribution is 0.266. The van der Waals surface area contributed by atoms with Crippen molar-refractivity contribution in [2.24, 2.45) is 0 Å². The molecule has 0 radical (unpaired) electrons. The number of sulfonamides is 1. The van der Waals surface area contributed by atoms with Crippen LogP contribution in [-0.2, 0) is 10.0 Å². The molecule has 0 saturated carbocycles. The molecule has 0 aliphatic carbocycles. The average molecular weight is 551 g/mol. The molecular formula is C26H36F2N6O3S. The summed E-state index contributed by atoms with van der Waals surface area (Å²) in [7, 11) is -1.31. The van der Waals surface area contributed by atoms with Gasteiger partial charge in [0.1, 0.15) is 12.3 Å². The third-order valence-corrected chi connectivity index (χ3v) is 10.2. The first-order chi connectivity index (χ1) is 18.1. The average Bonchev–Trinajstić information content (AvgIpc) is 2.90. The smallest absolute Gasteiger partial charge is 0.223 e. The fourth-order valence-electron chi connectivity index (χ4n) is 5.54. The Morgan fingerprint density at radius 3 is 2.42 bits per heavy atom. The Morgan fingerprint density at radius 1 is 1.03 bits per heavy atom. The summed E-state index contributed by atoms with van der Waals surface area (Å²) >= 11 is 0. The molecule has 4 heterocycles. The van der Waals surface area contributed by atoms with Crippen LogP contribution in [-0.4, -0.2) is 91.3 Å². The van der Waals surface area contributed by atoms with Crippen molar-refractivity contribution in [2.75, 3.05) is 56.6 Å². The summed E-state index contributed by atoms with van der Waals surface area (Å²) in [5.41, 5.74) is 0.882. The number of likely N-dealkylation sites (tertiary alicyclic amines) is 1. The molecule has 2 aromatic rings. The summed E-state index contributed by atoms with van der Waals surface area (Å²) in [4.78, 5) is 12.7. The number of aromatic nitrogens is 2. The highest BCUT2D eigenvalue weighted by molar-refractivity contribution is 7.89. The molecular weight excluding hydrogens is 514 g/mol. The number of rotatable bonds is 6. The zero-order valence-corrected chi connectivity index (χ0v) is 23.0. The van der Waals surface area contributed by atoms with Gasteiger partial charge in [-0.25, -0.2) is 31.5 Å². The molecule has 5 rings (SSSR count). The van der Waals surface area contributed by atoms with Crippen LogP contribution in [0.4, 0.5) is 20.4 Å². The second-order valence-corrected chi connectivity index (χ2v) is 12.9. The van der Waals surface area contributed by atoms with Crippen LogP contribution >= 0.6 is 0 Å². The van der Waals surface area contributed by atoms with E-state index in [1.54, 1.807) is 10.4 Å². The summed E-state index contributed by atoms with van der Waals surface area (Å²) in [6.45, 7) is 7.44. The van der Waals surface area contributed by atoms with E-state index >= 15 is 0 Å². The van der Waals surface area contributed by atoms with Crippen LogP contribution in [0.15, 0.2) is 18.3 Å². The summed E-state index contributed by atoms with van der Waals surface area (Å²) in [6.07, 6.45) is 3.59. The second kappa shape index (κ2) is 10.9. The molecule has 0 amide bonds. The lowest BCUT2D eigenvalue weighted by Gasteiger charge is -2.36. The second-order valence-electron chi connectivity index (χ2n) is 10.7. The van der Waals surface area contributed by atoms with Crippen molar-refractivity contribution in [1.29, 1.82) is 0 Å². The molecule has 0 atom stereocenters. The number of hydrogen-bond donors (Lipinski definition) is 1. The SMILES string of the molecule is CC(C)N1CCOc2c(F)cc(-c3nc(NC4CCN(S(=O)(=O)C5CCN(C)CC5)CC4)ncc3F)cc21. The number of anilines is 2. The number of halogens is 2. The number of piperidine rings is 2. The summed E-state index contributed by atoms with van der Waals surface area (Å²) in [5, 5.41) is 2.91. The minimum atomic E-state index is -3.33. The Bertz CT molecular complexity index is 1260. The first-order valence-electron chi connectivity index (χ1n) is 13.3. The molecule has 38 heavy (non-hydrogen) atoms. The number of hydrogen-bond acceptors (Lipinski definition) is 8. The molecule has 1 aromatic carbocycles. The van der Waals surface area contributed by atoms with Crippen LogP contribution in [0.25, 0.3) is 11.3 Å². The fourth-order valence-corrected chi connectivity index (χ4v) is 7.49. The van der Waals surface area contributed by atoms with E-state index in [0.29, 0.717) is 63.2 Å². The van der Waals surface area contributed by atoms with Gasteiger partial charge in [-0.1, -0.05) is 0 Å². The number of nitrogens with one attached hydrogen (secondary N) is 1. The Morgan fingerprint density at radius 2 is 1.74 bits per heavy atom. The molecule has 208 valence electrons. The Balaban J connectivity index is 1.29. The molecule has 3 aliphatic rings. The van der Waals surface area contributed by atoms with Crippen LogP contribution in [0.3, 0.4) is 0 Å². The van der Waals surface area contributed by atoms with Crippen LogP contribution < -0.4 is 15.0 Å². The van der Waals surface area contributed by atoms with Gasteiger partial charge in [-0.2, -0.15) is 0 Å². The van der Waals surface area contributed by atoms with Crippen molar-refractivity contribution >= 4 is 21.7 Å². The van der Waals surface area contributed by atoms with E-state index in [4.69, 9.17) is 4.74 Å². The number of benzene rings is 1. The van der Waals surface area contributed by atoms with E-state index < -0.39 is 21.7 Å². The first-order valence-corrected chi connectivity index (χ1v) is 14.8. The molecule has 1 aromatic heterocycles. The maximum absolute atomic E-state index is 15.0. The fraction of sp³-hybridized carbons (Fsp3) is 0.615. The van der Waals surface area contributed by atoms with Gasteiger partial charge in [0.25, 0.3) is 0 Å². The van der Waals surface area contributed by atoms with E-state index in [0.717, 1.165) is 19.3 Å². The monoisotopic (exact) mass is 550 g/mol. The molecule has 12 heteroatoms. The van der Waals surface area contributed by atoms with E-state index in [9.17, 15) is 17.2 Å². The Labute approximate surface area is 223 Å². The summed E-state index contributed by atoms with van der Waals surface area (Å²) in [6, 6.07) is 3.01. The third-order valence-electron chi connectivity index (χ3n) is 7.79. The molecule has 9 nitrogen and oxygen atoms in total. The standard InChI is InChI=1S/C26H36F2N6O3S/c1-17(2)34-12-13-37-25-21(27)14-18(15-23(25)34)24-22(28)16-29-26(31-24)30-19-4-10-33(11-5-19)38(35,36)20-6-8-32(3)9-7-20/h14-17,19-20H,4-13H2,1-3H3,(H,29,30,31). The Hall–Kier alpha value is -2.57. The van der Waals surface area contributed by atoms with Gasteiger partial charge in [0.2, 0.25) is 16.0 Å². The third kappa shape index (κ3) is 5.43. The van der Waals surface area contributed by atoms with Gasteiger partial charge in [0.15, 0.2) is 17.4 Å². The zero-order valence-electron chi connectivity index (χ0n) is 22.2.